The van der Waals surface area contributed by atoms with Gasteiger partial charge in [0, 0.05) is 24.2 Å². The van der Waals surface area contributed by atoms with Crippen LogP contribution in [0.15, 0.2) is 48.5 Å². The summed E-state index contributed by atoms with van der Waals surface area (Å²) in [5, 5.41) is 2.96. The molecule has 2 aromatic rings. The van der Waals surface area contributed by atoms with Crippen LogP contribution in [-0.4, -0.2) is 41.2 Å². The van der Waals surface area contributed by atoms with E-state index in [1.54, 1.807) is 24.3 Å². The van der Waals surface area contributed by atoms with Gasteiger partial charge in [0.2, 0.25) is 17.7 Å². The van der Waals surface area contributed by atoms with Crippen molar-refractivity contribution >= 4 is 35.1 Å². The van der Waals surface area contributed by atoms with Crippen LogP contribution in [0.3, 0.4) is 0 Å². The van der Waals surface area contributed by atoms with Crippen LogP contribution in [0.5, 0.6) is 5.75 Å². The van der Waals surface area contributed by atoms with Gasteiger partial charge >= 0.3 is 5.97 Å². The van der Waals surface area contributed by atoms with Gasteiger partial charge in [-0.25, -0.2) is 4.90 Å². The zero-order valence-corrected chi connectivity index (χ0v) is 17.4. The third kappa shape index (κ3) is 2.25. The highest BCUT2D eigenvalue weighted by atomic mass is 16.5. The second-order valence-corrected chi connectivity index (χ2v) is 8.77. The van der Waals surface area contributed by atoms with Gasteiger partial charge < -0.3 is 10.1 Å². The van der Waals surface area contributed by atoms with Crippen LogP contribution in [0.2, 0.25) is 0 Å². The summed E-state index contributed by atoms with van der Waals surface area (Å²) in [5.41, 5.74) is 0.726. The molecule has 3 fully saturated rings. The fraction of sp³-hybridized carbons (Fsp3) is 0.333. The number of nitrogens with one attached hydrogen (secondary N) is 1. The van der Waals surface area contributed by atoms with Gasteiger partial charge in [0.05, 0.1) is 17.5 Å². The number of carbonyl (C=O) groups is 4. The van der Waals surface area contributed by atoms with Gasteiger partial charge in [-0.05, 0) is 49.7 Å². The molecule has 6 rings (SSSR count). The first-order chi connectivity index (χ1) is 15.4. The Bertz CT molecular complexity index is 1190. The van der Waals surface area contributed by atoms with Crippen molar-refractivity contribution in [2.24, 2.45) is 11.8 Å². The number of nitrogens with zero attached hydrogens (tertiary/aromatic N) is 2. The number of hydrogen-bond acceptors (Lipinski definition) is 6. The minimum absolute atomic E-state index is 0.154. The predicted molar refractivity (Wildman–Crippen MR) is 114 cm³/mol. The summed E-state index contributed by atoms with van der Waals surface area (Å²) in [4.78, 5) is 55.4. The van der Waals surface area contributed by atoms with Crippen molar-refractivity contribution in [1.82, 2.24) is 4.90 Å². The summed E-state index contributed by atoms with van der Waals surface area (Å²) in [6.07, 6.45) is 1.65. The standard InChI is InChI=1S/C24H21N3O5/c1-13(28)32-15-10-8-14(9-11-15)27-21(29)19-18-7-4-12-26(18)24(20(19)22(27)30)16-5-2-3-6-17(16)25-23(24)31/h2-3,5-6,8-11,18-20H,4,7,12H2,1H3,(H,25,31)/t18-,19+,20-,24+/m0/s1. The molecule has 3 saturated heterocycles. The molecule has 4 heterocycles. The van der Waals surface area contributed by atoms with Gasteiger partial charge in [-0.2, -0.15) is 0 Å². The van der Waals surface area contributed by atoms with E-state index in [0.717, 1.165) is 18.4 Å². The lowest BCUT2D eigenvalue weighted by Gasteiger charge is -2.36. The molecule has 0 radical (unpaired) electrons. The molecule has 32 heavy (non-hydrogen) atoms. The fourth-order valence-electron chi connectivity index (χ4n) is 6.24. The topological polar surface area (TPSA) is 96.0 Å². The molecule has 0 aliphatic carbocycles. The van der Waals surface area contributed by atoms with Crippen LogP contribution in [0, 0.1) is 11.8 Å². The number of imide groups is 1. The Morgan fingerprint density at radius 1 is 1.06 bits per heavy atom. The monoisotopic (exact) mass is 431 g/mol. The molecule has 1 spiro atoms. The predicted octanol–water partition coefficient (Wildman–Crippen LogP) is 2.04. The van der Waals surface area contributed by atoms with Gasteiger partial charge in [-0.1, -0.05) is 18.2 Å². The molecular formula is C24H21N3O5. The number of amides is 3. The highest BCUT2D eigenvalue weighted by Crippen LogP contribution is 2.60. The number of fused-ring (bicyclic) bond motifs is 7. The minimum Gasteiger partial charge on any atom is -0.427 e. The molecule has 1 N–H and O–H groups in total. The molecule has 0 saturated carbocycles. The Morgan fingerprint density at radius 3 is 2.56 bits per heavy atom. The van der Waals surface area contributed by atoms with Crippen LogP contribution in [0.25, 0.3) is 0 Å². The number of benzene rings is 2. The van der Waals surface area contributed by atoms with Crippen molar-refractivity contribution in [2.75, 3.05) is 16.8 Å². The van der Waals surface area contributed by atoms with Crippen molar-refractivity contribution in [1.29, 1.82) is 0 Å². The Morgan fingerprint density at radius 2 is 1.81 bits per heavy atom. The van der Waals surface area contributed by atoms with E-state index in [4.69, 9.17) is 4.74 Å². The number of rotatable bonds is 2. The zero-order valence-electron chi connectivity index (χ0n) is 17.4. The van der Waals surface area contributed by atoms with Crippen LogP contribution < -0.4 is 15.0 Å². The van der Waals surface area contributed by atoms with E-state index in [9.17, 15) is 19.2 Å². The number of para-hydroxylation sites is 1. The zero-order chi connectivity index (χ0) is 22.2. The van der Waals surface area contributed by atoms with Gasteiger partial charge in [-0.3, -0.25) is 24.1 Å². The van der Waals surface area contributed by atoms with Crippen LogP contribution in [-0.2, 0) is 24.7 Å². The average molecular weight is 431 g/mol. The molecule has 0 bridgehead atoms. The molecule has 0 unspecified atom stereocenters. The summed E-state index contributed by atoms with van der Waals surface area (Å²) < 4.78 is 5.06. The summed E-state index contributed by atoms with van der Waals surface area (Å²) in [6.45, 7) is 1.98. The van der Waals surface area contributed by atoms with Gasteiger partial charge in [0.25, 0.3) is 0 Å². The van der Waals surface area contributed by atoms with E-state index in [0.29, 0.717) is 23.7 Å². The van der Waals surface area contributed by atoms with Crippen LogP contribution >= 0.6 is 0 Å². The first-order valence-electron chi connectivity index (χ1n) is 10.8. The van der Waals surface area contributed by atoms with E-state index in [-0.39, 0.29) is 23.8 Å². The Balaban J connectivity index is 1.46. The lowest BCUT2D eigenvalue weighted by atomic mass is 9.75. The Kier molecular flexibility index (Phi) is 3.89. The molecule has 2 aromatic carbocycles. The maximum Gasteiger partial charge on any atom is 0.308 e. The number of hydrogen-bond donors (Lipinski definition) is 1. The molecular weight excluding hydrogens is 410 g/mol. The Labute approximate surface area is 184 Å². The second kappa shape index (κ2) is 6.49. The number of esters is 1. The molecule has 0 aromatic heterocycles. The van der Waals surface area contributed by atoms with Gasteiger partial charge in [0.1, 0.15) is 11.3 Å². The maximum atomic E-state index is 13.8. The lowest BCUT2D eigenvalue weighted by molar-refractivity contribution is -0.135. The highest BCUT2D eigenvalue weighted by Gasteiger charge is 2.74. The maximum absolute atomic E-state index is 13.8. The summed E-state index contributed by atoms with van der Waals surface area (Å²) >= 11 is 0. The number of anilines is 2. The first kappa shape index (κ1) is 19.2. The fourth-order valence-corrected chi connectivity index (χ4v) is 6.24. The van der Waals surface area contributed by atoms with E-state index in [1.165, 1.54) is 11.8 Å². The third-order valence-corrected chi connectivity index (χ3v) is 7.26. The average Bonchev–Trinajstić information content (AvgIpc) is 3.47. The highest BCUT2D eigenvalue weighted by molar-refractivity contribution is 6.25. The SMILES string of the molecule is CC(=O)Oc1ccc(N2C(=O)[C@H]3[C@@H](C2=O)[C@]2(C(=O)Nc4ccccc42)N2CCC[C@@H]32)cc1. The molecule has 8 heteroatoms. The van der Waals surface area contributed by atoms with Crippen molar-refractivity contribution < 1.29 is 23.9 Å². The summed E-state index contributed by atoms with van der Waals surface area (Å²) in [5.74, 6) is -2.33. The van der Waals surface area contributed by atoms with E-state index in [1.807, 2.05) is 24.3 Å². The van der Waals surface area contributed by atoms with E-state index < -0.39 is 23.3 Å². The van der Waals surface area contributed by atoms with Gasteiger partial charge in [0.15, 0.2) is 0 Å². The van der Waals surface area contributed by atoms with Crippen molar-refractivity contribution in [2.45, 2.75) is 31.3 Å². The van der Waals surface area contributed by atoms with Crippen molar-refractivity contribution in [3.63, 3.8) is 0 Å². The second-order valence-electron chi connectivity index (χ2n) is 8.77. The van der Waals surface area contributed by atoms with E-state index >= 15 is 0 Å². The molecule has 4 aliphatic rings. The smallest absolute Gasteiger partial charge is 0.308 e. The third-order valence-electron chi connectivity index (χ3n) is 7.26. The summed E-state index contributed by atoms with van der Waals surface area (Å²) in [7, 11) is 0. The lowest BCUT2D eigenvalue weighted by Crippen LogP contribution is -2.54. The van der Waals surface area contributed by atoms with E-state index in [2.05, 4.69) is 10.2 Å². The molecule has 3 amide bonds. The normalized spacial score (nSPS) is 30.5. The largest absolute Gasteiger partial charge is 0.427 e. The first-order valence-corrected chi connectivity index (χ1v) is 10.8. The Hall–Kier alpha value is -3.52. The molecule has 162 valence electrons. The quantitative estimate of drug-likeness (QED) is 0.444. The number of ether oxygens (including phenoxy) is 1. The number of carbonyl (C=O) groups excluding carboxylic acids is 4. The summed E-state index contributed by atoms with van der Waals surface area (Å²) in [6, 6.07) is 13.6. The molecule has 8 nitrogen and oxygen atoms in total. The molecule has 4 aliphatic heterocycles. The minimum atomic E-state index is -1.17. The van der Waals surface area contributed by atoms with Crippen LogP contribution in [0.1, 0.15) is 25.3 Å². The molecule has 4 atom stereocenters. The van der Waals surface area contributed by atoms with Crippen molar-refractivity contribution in [3.05, 3.63) is 54.1 Å². The van der Waals surface area contributed by atoms with Crippen molar-refractivity contribution in [3.8, 4) is 5.75 Å². The van der Waals surface area contributed by atoms with Crippen LogP contribution in [0.4, 0.5) is 11.4 Å². The van der Waals surface area contributed by atoms with Gasteiger partial charge in [-0.15, -0.1) is 0 Å².